The third-order valence-electron chi connectivity index (χ3n) is 5.35. The molecular weight excluding hydrogens is 236 g/mol. The molecule has 3 aliphatic rings. The molecule has 0 spiro atoms. The zero-order valence-corrected chi connectivity index (χ0v) is 12.0. The zero-order valence-electron chi connectivity index (χ0n) is 12.0. The van der Waals surface area contributed by atoms with E-state index in [1.54, 1.807) is 5.57 Å². The number of unbranched alkanes of at least 4 members (excludes halogenated alkanes) is 1. The lowest BCUT2D eigenvalue weighted by atomic mass is 9.68. The number of ether oxygens (including phenoxy) is 1. The van der Waals surface area contributed by atoms with Crippen LogP contribution in [0.1, 0.15) is 64.2 Å². The molecule has 2 nitrogen and oxygen atoms in total. The fraction of sp³-hybridized carbons (Fsp3) is 0.882. The minimum atomic E-state index is 0.326. The van der Waals surface area contributed by atoms with E-state index >= 15 is 0 Å². The van der Waals surface area contributed by atoms with Crippen LogP contribution < -0.4 is 0 Å². The Morgan fingerprint density at radius 2 is 1.89 bits per heavy atom. The molecule has 1 heterocycles. The number of allylic oxidation sites excluding steroid dienone is 1. The number of aliphatic hydroxyl groups is 1. The summed E-state index contributed by atoms with van der Waals surface area (Å²) in [5, 5.41) is 8.96. The van der Waals surface area contributed by atoms with E-state index in [0.29, 0.717) is 24.7 Å². The van der Waals surface area contributed by atoms with Gasteiger partial charge in [0.1, 0.15) is 0 Å². The van der Waals surface area contributed by atoms with Crippen molar-refractivity contribution in [1.82, 2.24) is 0 Å². The van der Waals surface area contributed by atoms with Gasteiger partial charge in [-0.05, 0) is 51.4 Å². The van der Waals surface area contributed by atoms with Crippen LogP contribution in [0.15, 0.2) is 11.6 Å². The molecular formula is C17H28O2. The van der Waals surface area contributed by atoms with Crippen LogP contribution in [0.4, 0.5) is 0 Å². The van der Waals surface area contributed by atoms with Gasteiger partial charge in [-0.25, -0.2) is 0 Å². The predicted octanol–water partition coefficient (Wildman–Crippen LogP) is 3.83. The lowest BCUT2D eigenvalue weighted by molar-refractivity contribution is -0.107. The van der Waals surface area contributed by atoms with Crippen LogP contribution in [0, 0.1) is 11.8 Å². The lowest BCUT2D eigenvalue weighted by Crippen LogP contribution is -2.45. The van der Waals surface area contributed by atoms with Gasteiger partial charge in [-0.2, -0.15) is 0 Å². The van der Waals surface area contributed by atoms with E-state index in [1.807, 2.05) is 0 Å². The monoisotopic (exact) mass is 264 g/mol. The number of hydrogen-bond acceptors (Lipinski definition) is 2. The Bertz CT molecular complexity index is 323. The Labute approximate surface area is 117 Å². The third-order valence-corrected chi connectivity index (χ3v) is 5.35. The van der Waals surface area contributed by atoms with E-state index in [0.717, 1.165) is 25.2 Å². The lowest BCUT2D eigenvalue weighted by Gasteiger charge is -2.47. The number of rotatable bonds is 4. The van der Waals surface area contributed by atoms with Gasteiger partial charge in [-0.3, -0.25) is 0 Å². The molecule has 19 heavy (non-hydrogen) atoms. The van der Waals surface area contributed by atoms with Crippen molar-refractivity contribution in [2.45, 2.75) is 76.4 Å². The van der Waals surface area contributed by atoms with Gasteiger partial charge in [0.05, 0.1) is 12.2 Å². The first-order chi connectivity index (χ1) is 9.40. The second-order valence-electron chi connectivity index (χ2n) is 6.56. The fourth-order valence-corrected chi connectivity index (χ4v) is 4.44. The molecule has 2 unspecified atom stereocenters. The van der Waals surface area contributed by atoms with Gasteiger partial charge in [0.15, 0.2) is 0 Å². The van der Waals surface area contributed by atoms with Crippen molar-refractivity contribution in [2.24, 2.45) is 11.8 Å². The van der Waals surface area contributed by atoms with E-state index in [-0.39, 0.29) is 0 Å². The molecule has 1 saturated heterocycles. The van der Waals surface area contributed by atoms with Crippen LogP contribution in [-0.4, -0.2) is 23.9 Å². The van der Waals surface area contributed by atoms with Crippen molar-refractivity contribution in [3.8, 4) is 0 Å². The number of hydrogen-bond donors (Lipinski definition) is 1. The first-order valence-corrected chi connectivity index (χ1v) is 8.36. The maximum absolute atomic E-state index is 8.96. The second kappa shape index (κ2) is 6.41. The van der Waals surface area contributed by atoms with E-state index in [2.05, 4.69) is 6.08 Å². The SMILES string of the molecule is OCCCC[C@@H]1O[C@@H]2CCCCC2C2=CCCCC21. The molecule has 1 saturated carbocycles. The molecule has 3 rings (SSSR count). The first-order valence-electron chi connectivity index (χ1n) is 8.36. The average molecular weight is 264 g/mol. The summed E-state index contributed by atoms with van der Waals surface area (Å²) >= 11 is 0. The molecule has 0 radical (unpaired) electrons. The minimum absolute atomic E-state index is 0.326. The highest BCUT2D eigenvalue weighted by molar-refractivity contribution is 5.20. The summed E-state index contributed by atoms with van der Waals surface area (Å²) in [6, 6.07) is 0. The van der Waals surface area contributed by atoms with Crippen molar-refractivity contribution in [2.75, 3.05) is 6.61 Å². The number of aliphatic hydroxyl groups excluding tert-OH is 1. The summed E-state index contributed by atoms with van der Waals surface area (Å²) in [4.78, 5) is 0. The highest BCUT2D eigenvalue weighted by Crippen LogP contribution is 2.46. The van der Waals surface area contributed by atoms with Crippen molar-refractivity contribution >= 4 is 0 Å². The summed E-state index contributed by atoms with van der Waals surface area (Å²) < 4.78 is 6.48. The molecule has 0 aromatic rings. The Balaban J connectivity index is 1.71. The third kappa shape index (κ3) is 2.90. The van der Waals surface area contributed by atoms with Gasteiger partial charge in [0.2, 0.25) is 0 Å². The van der Waals surface area contributed by atoms with Gasteiger partial charge in [-0.1, -0.05) is 24.5 Å². The van der Waals surface area contributed by atoms with Gasteiger partial charge in [-0.15, -0.1) is 0 Å². The molecule has 1 aliphatic heterocycles. The van der Waals surface area contributed by atoms with E-state index < -0.39 is 0 Å². The van der Waals surface area contributed by atoms with Crippen molar-refractivity contribution in [1.29, 1.82) is 0 Å². The van der Waals surface area contributed by atoms with E-state index in [9.17, 15) is 0 Å². The Kier molecular flexibility index (Phi) is 4.60. The normalized spacial score (nSPS) is 38.3. The molecule has 4 atom stereocenters. The van der Waals surface area contributed by atoms with E-state index in [1.165, 1.54) is 44.9 Å². The quantitative estimate of drug-likeness (QED) is 0.617. The zero-order chi connectivity index (χ0) is 13.1. The van der Waals surface area contributed by atoms with Crippen molar-refractivity contribution in [3.05, 3.63) is 11.6 Å². The van der Waals surface area contributed by atoms with Crippen LogP contribution in [0.5, 0.6) is 0 Å². The largest absolute Gasteiger partial charge is 0.396 e. The molecule has 1 N–H and O–H groups in total. The van der Waals surface area contributed by atoms with Crippen molar-refractivity contribution < 1.29 is 9.84 Å². The smallest absolute Gasteiger partial charge is 0.0644 e. The average Bonchev–Trinajstić information content (AvgIpc) is 2.47. The molecule has 0 aromatic heterocycles. The molecule has 0 amide bonds. The Hall–Kier alpha value is -0.340. The highest BCUT2D eigenvalue weighted by atomic mass is 16.5. The van der Waals surface area contributed by atoms with Crippen LogP contribution >= 0.6 is 0 Å². The van der Waals surface area contributed by atoms with E-state index in [4.69, 9.17) is 9.84 Å². The minimum Gasteiger partial charge on any atom is -0.396 e. The topological polar surface area (TPSA) is 29.5 Å². The van der Waals surface area contributed by atoms with Gasteiger partial charge in [0, 0.05) is 18.4 Å². The summed E-state index contributed by atoms with van der Waals surface area (Å²) in [6.07, 6.45) is 16.0. The van der Waals surface area contributed by atoms with Gasteiger partial charge >= 0.3 is 0 Å². The molecule has 2 heteroatoms. The number of fused-ring (bicyclic) bond motifs is 3. The Morgan fingerprint density at radius 3 is 2.79 bits per heavy atom. The van der Waals surface area contributed by atoms with Crippen LogP contribution in [0.25, 0.3) is 0 Å². The highest BCUT2D eigenvalue weighted by Gasteiger charge is 2.42. The van der Waals surface area contributed by atoms with Crippen LogP contribution in [-0.2, 0) is 4.74 Å². The summed E-state index contributed by atoms with van der Waals surface area (Å²) in [6.45, 7) is 0.326. The summed E-state index contributed by atoms with van der Waals surface area (Å²) in [5.74, 6) is 1.44. The summed E-state index contributed by atoms with van der Waals surface area (Å²) in [5.41, 5.74) is 1.76. The van der Waals surface area contributed by atoms with Crippen LogP contribution in [0.3, 0.4) is 0 Å². The standard InChI is InChI=1S/C17H28O2/c18-12-6-5-11-17-14-8-2-1-7-13(14)15-9-3-4-10-16(15)19-17/h7,14-18H,1-6,8-12H2/t14?,15?,16-,17+/m1/s1. The van der Waals surface area contributed by atoms with Gasteiger partial charge in [0.25, 0.3) is 0 Å². The molecule has 2 aliphatic carbocycles. The molecule has 0 bridgehead atoms. The maximum Gasteiger partial charge on any atom is 0.0644 e. The molecule has 2 fully saturated rings. The van der Waals surface area contributed by atoms with Gasteiger partial charge < -0.3 is 9.84 Å². The summed E-state index contributed by atoms with van der Waals surface area (Å²) in [7, 11) is 0. The second-order valence-corrected chi connectivity index (χ2v) is 6.56. The van der Waals surface area contributed by atoms with Crippen LogP contribution in [0.2, 0.25) is 0 Å². The first kappa shape index (κ1) is 13.6. The molecule has 0 aromatic carbocycles. The van der Waals surface area contributed by atoms with Crippen molar-refractivity contribution in [3.63, 3.8) is 0 Å². The maximum atomic E-state index is 8.96. The molecule has 108 valence electrons. The Morgan fingerprint density at radius 1 is 1.05 bits per heavy atom. The predicted molar refractivity (Wildman–Crippen MR) is 77.0 cm³/mol. The fourth-order valence-electron chi connectivity index (χ4n) is 4.44.